The van der Waals surface area contributed by atoms with Gasteiger partial charge in [0.2, 0.25) is 0 Å². The molecule has 0 amide bonds. The van der Waals surface area contributed by atoms with E-state index >= 15 is 0 Å². The Labute approximate surface area is 138 Å². The summed E-state index contributed by atoms with van der Waals surface area (Å²) in [5.41, 5.74) is -1.19. The summed E-state index contributed by atoms with van der Waals surface area (Å²) in [5, 5.41) is 5.88. The highest BCUT2D eigenvalue weighted by atomic mass is 79.9. The van der Waals surface area contributed by atoms with Gasteiger partial charge in [0.25, 0.3) is 6.43 Å². The quantitative estimate of drug-likeness (QED) is 0.560. The van der Waals surface area contributed by atoms with Crippen molar-refractivity contribution in [1.29, 1.82) is 0 Å². The molecule has 0 aliphatic carbocycles. The summed E-state index contributed by atoms with van der Waals surface area (Å²) in [6.45, 7) is 0. The number of nitrogens with zero attached hydrogens (tertiary/aromatic N) is 2. The van der Waals surface area contributed by atoms with Gasteiger partial charge < -0.3 is 5.32 Å². The van der Waals surface area contributed by atoms with Crippen molar-refractivity contribution >= 4 is 50.4 Å². The van der Waals surface area contributed by atoms with Crippen molar-refractivity contribution in [2.24, 2.45) is 0 Å². The van der Waals surface area contributed by atoms with E-state index in [-0.39, 0.29) is 20.0 Å². The number of nitrogens with one attached hydrogen (secondary N) is 1. The molecule has 0 aliphatic rings. The van der Waals surface area contributed by atoms with E-state index in [4.69, 9.17) is 12.2 Å². The van der Waals surface area contributed by atoms with Gasteiger partial charge in [0.15, 0.2) is 5.69 Å². The van der Waals surface area contributed by atoms with Crippen molar-refractivity contribution in [2.75, 3.05) is 5.32 Å². The summed E-state index contributed by atoms with van der Waals surface area (Å²) in [6, 6.07) is 2.87. The first-order chi connectivity index (χ1) is 10.2. The average molecular weight is 418 g/mol. The molecule has 1 heterocycles. The molecule has 22 heavy (non-hydrogen) atoms. The molecule has 0 radical (unpaired) electrons. The first kappa shape index (κ1) is 17.2. The molecule has 0 spiro atoms. The van der Waals surface area contributed by atoms with E-state index in [1.165, 1.54) is 0 Å². The molecule has 0 unspecified atom stereocenters. The lowest BCUT2D eigenvalue weighted by atomic mass is 10.2. The lowest BCUT2D eigenvalue weighted by Gasteiger charge is -2.12. The second-order valence-corrected chi connectivity index (χ2v) is 5.95. The molecule has 3 nitrogen and oxygen atoms in total. The van der Waals surface area contributed by atoms with Crippen LogP contribution in [0.25, 0.3) is 0 Å². The summed E-state index contributed by atoms with van der Waals surface area (Å²) in [5.74, 6) is 0. The molecule has 0 saturated carbocycles. The van der Waals surface area contributed by atoms with Gasteiger partial charge in [0, 0.05) is 4.47 Å². The molecule has 0 saturated heterocycles. The van der Waals surface area contributed by atoms with Gasteiger partial charge in [-0.3, -0.25) is 0 Å². The highest BCUT2D eigenvalue weighted by Crippen LogP contribution is 2.34. The summed E-state index contributed by atoms with van der Waals surface area (Å²) in [6.07, 6.45) is -7.32. The van der Waals surface area contributed by atoms with Gasteiger partial charge in [-0.2, -0.15) is 13.2 Å². The molecule has 2 aromatic rings. The van der Waals surface area contributed by atoms with Gasteiger partial charge in [-0.15, -0.1) is 5.10 Å². The predicted molar refractivity (Wildman–Crippen MR) is 79.3 cm³/mol. The molecule has 118 valence electrons. The summed E-state index contributed by atoms with van der Waals surface area (Å²) < 4.78 is 66.6. The fourth-order valence-electron chi connectivity index (χ4n) is 1.47. The second-order valence-electron chi connectivity index (χ2n) is 3.93. The normalized spacial score (nSPS) is 11.8. The lowest BCUT2D eigenvalue weighted by molar-refractivity contribution is -0.137. The smallest absolute Gasteiger partial charge is 0.344 e. The fraction of sp³-hybridized carbons (Fsp3) is 0.182. The van der Waals surface area contributed by atoms with E-state index in [0.717, 1.165) is 18.2 Å². The van der Waals surface area contributed by atoms with Gasteiger partial charge in [-0.1, -0.05) is 16.7 Å². The molecule has 0 bridgehead atoms. The zero-order valence-electron chi connectivity index (χ0n) is 10.3. The third kappa shape index (κ3) is 3.76. The van der Waals surface area contributed by atoms with Gasteiger partial charge in [0.05, 0.1) is 11.3 Å². The van der Waals surface area contributed by atoms with E-state index in [2.05, 4.69) is 30.8 Å². The van der Waals surface area contributed by atoms with E-state index in [1.54, 1.807) is 0 Å². The van der Waals surface area contributed by atoms with Crippen LogP contribution in [0.5, 0.6) is 0 Å². The Kier molecular flexibility index (Phi) is 5.07. The average Bonchev–Trinajstić information content (AvgIpc) is 2.89. The lowest BCUT2D eigenvalue weighted by Crippen LogP contribution is -2.12. The van der Waals surface area contributed by atoms with Crippen LogP contribution < -0.4 is 5.32 Å². The van der Waals surface area contributed by atoms with Crippen molar-refractivity contribution in [1.82, 2.24) is 9.59 Å². The number of anilines is 1. The van der Waals surface area contributed by atoms with Crippen LogP contribution in [0.1, 0.15) is 22.6 Å². The Morgan fingerprint density at radius 3 is 2.55 bits per heavy atom. The van der Waals surface area contributed by atoms with Crippen molar-refractivity contribution in [3.05, 3.63) is 38.8 Å². The Morgan fingerprint density at radius 1 is 1.32 bits per heavy atom. The van der Waals surface area contributed by atoms with Crippen molar-refractivity contribution < 1.29 is 22.0 Å². The van der Waals surface area contributed by atoms with Crippen LogP contribution in [0.4, 0.5) is 27.6 Å². The molecule has 11 heteroatoms. The Bertz CT molecular complexity index is 701. The van der Waals surface area contributed by atoms with Crippen LogP contribution in [0.15, 0.2) is 22.7 Å². The Morgan fingerprint density at radius 2 is 2.00 bits per heavy atom. The highest BCUT2D eigenvalue weighted by Gasteiger charge is 2.31. The number of thiocarbonyl (C=S) groups is 1. The van der Waals surface area contributed by atoms with Crippen LogP contribution in [-0.4, -0.2) is 14.6 Å². The van der Waals surface area contributed by atoms with Crippen molar-refractivity contribution in [3.8, 4) is 0 Å². The number of alkyl halides is 5. The minimum absolute atomic E-state index is 0.0307. The number of hydrogen-bond donors (Lipinski definition) is 1. The molecule has 1 aromatic carbocycles. The molecule has 0 atom stereocenters. The number of hydrogen-bond acceptors (Lipinski definition) is 4. The maximum absolute atomic E-state index is 12.7. The van der Waals surface area contributed by atoms with Crippen LogP contribution in [0.2, 0.25) is 0 Å². The maximum atomic E-state index is 12.7. The van der Waals surface area contributed by atoms with E-state index in [0.29, 0.717) is 11.5 Å². The minimum atomic E-state index is -4.48. The van der Waals surface area contributed by atoms with E-state index in [1.807, 2.05) is 0 Å². The summed E-state index contributed by atoms with van der Waals surface area (Å²) >= 11 is 8.63. The topological polar surface area (TPSA) is 37.8 Å². The number of rotatable bonds is 3. The Balaban J connectivity index is 2.24. The maximum Gasteiger partial charge on any atom is 0.416 e. The third-order valence-electron chi connectivity index (χ3n) is 2.47. The zero-order valence-corrected chi connectivity index (χ0v) is 13.5. The highest BCUT2D eigenvalue weighted by molar-refractivity contribution is 9.10. The van der Waals surface area contributed by atoms with Crippen LogP contribution >= 0.6 is 39.7 Å². The SMILES string of the molecule is FC(F)c1nnsc1C(=S)Nc1ccc(C(F)(F)F)cc1Br. The van der Waals surface area contributed by atoms with E-state index in [9.17, 15) is 22.0 Å². The van der Waals surface area contributed by atoms with Crippen molar-refractivity contribution in [2.45, 2.75) is 12.6 Å². The number of halogens is 6. The van der Waals surface area contributed by atoms with Crippen LogP contribution in [0.3, 0.4) is 0 Å². The molecule has 1 N–H and O–H groups in total. The predicted octanol–water partition coefficient (Wildman–Crippen LogP) is 5.04. The summed E-state index contributed by atoms with van der Waals surface area (Å²) in [4.78, 5) is -0.123. The number of benzene rings is 1. The number of aromatic nitrogens is 2. The second kappa shape index (κ2) is 6.50. The summed E-state index contributed by atoms with van der Waals surface area (Å²) in [7, 11) is 0. The first-order valence-corrected chi connectivity index (χ1v) is 7.46. The van der Waals surface area contributed by atoms with Crippen LogP contribution in [-0.2, 0) is 6.18 Å². The molecule has 1 aromatic heterocycles. The van der Waals surface area contributed by atoms with E-state index < -0.39 is 23.9 Å². The standard InChI is InChI=1S/C11H5BrF5N3S2/c12-5-3-4(11(15,16)17)1-2-6(5)18-10(21)8-7(9(13)14)19-20-22-8/h1-3,9H,(H,18,21). The third-order valence-corrected chi connectivity index (χ3v) is 4.32. The largest absolute Gasteiger partial charge is 0.416 e. The first-order valence-electron chi connectivity index (χ1n) is 5.48. The minimum Gasteiger partial charge on any atom is -0.344 e. The van der Waals surface area contributed by atoms with Gasteiger partial charge >= 0.3 is 6.18 Å². The molecular weight excluding hydrogens is 413 g/mol. The van der Waals surface area contributed by atoms with Crippen LogP contribution in [0, 0.1) is 0 Å². The Hall–Kier alpha value is -1.20. The monoisotopic (exact) mass is 417 g/mol. The van der Waals surface area contributed by atoms with Gasteiger partial charge in [-0.05, 0) is 45.7 Å². The van der Waals surface area contributed by atoms with Gasteiger partial charge in [0.1, 0.15) is 9.87 Å². The molecule has 2 rings (SSSR count). The molecule has 0 fully saturated rings. The molecule has 0 aliphatic heterocycles. The fourth-order valence-corrected chi connectivity index (χ4v) is 2.84. The van der Waals surface area contributed by atoms with Gasteiger partial charge in [-0.25, -0.2) is 8.78 Å². The zero-order chi connectivity index (χ0) is 16.5. The molecular formula is C11H5BrF5N3S2. The van der Waals surface area contributed by atoms with Crippen molar-refractivity contribution in [3.63, 3.8) is 0 Å².